The maximum Gasteiger partial charge on any atom is 0.241 e. The van der Waals surface area contributed by atoms with Gasteiger partial charge in [0, 0.05) is 38.6 Å². The molecule has 2 saturated heterocycles. The van der Waals surface area contributed by atoms with Crippen LogP contribution in [0.1, 0.15) is 25.7 Å². The van der Waals surface area contributed by atoms with Gasteiger partial charge in [-0.15, -0.1) is 0 Å². The van der Waals surface area contributed by atoms with Gasteiger partial charge in [-0.1, -0.05) is 23.7 Å². The summed E-state index contributed by atoms with van der Waals surface area (Å²) in [6.07, 6.45) is 3.34. The van der Waals surface area contributed by atoms with Crippen molar-refractivity contribution >= 4 is 23.4 Å². The third-order valence-corrected chi connectivity index (χ3v) is 5.35. The Morgan fingerprint density at radius 2 is 2.12 bits per heavy atom. The van der Waals surface area contributed by atoms with E-state index in [9.17, 15) is 9.59 Å². The van der Waals surface area contributed by atoms with E-state index in [2.05, 4.69) is 5.32 Å². The molecule has 2 aliphatic heterocycles. The second kappa shape index (κ2) is 8.73. The normalized spacial score (nSPS) is 22.2. The molecule has 2 bridgehead atoms. The van der Waals surface area contributed by atoms with E-state index in [1.165, 1.54) is 0 Å². The molecule has 1 N–H and O–H groups in total. The number of hydrogen-bond donors (Lipinski definition) is 1. The minimum atomic E-state index is -0.0335. The monoisotopic (exact) mass is 379 g/mol. The summed E-state index contributed by atoms with van der Waals surface area (Å²) in [7, 11) is 1.77. The van der Waals surface area contributed by atoms with E-state index < -0.39 is 0 Å². The number of likely N-dealkylation sites (N-methyl/N-ethyl adjacent to an activating group) is 1. The van der Waals surface area contributed by atoms with Crippen LogP contribution in [0.4, 0.5) is 0 Å². The van der Waals surface area contributed by atoms with Crippen LogP contribution in [-0.2, 0) is 9.59 Å². The van der Waals surface area contributed by atoms with E-state index in [4.69, 9.17) is 16.3 Å². The molecule has 0 spiro atoms. The van der Waals surface area contributed by atoms with Crippen molar-refractivity contribution in [3.05, 3.63) is 29.3 Å². The van der Waals surface area contributed by atoms with Gasteiger partial charge < -0.3 is 19.9 Å². The van der Waals surface area contributed by atoms with E-state index in [-0.39, 0.29) is 24.4 Å². The number of carbonyl (C=O) groups is 2. The summed E-state index contributed by atoms with van der Waals surface area (Å²) in [6.45, 7) is 1.85. The molecular weight excluding hydrogens is 354 g/mol. The smallest absolute Gasteiger partial charge is 0.241 e. The lowest BCUT2D eigenvalue weighted by molar-refractivity contribution is -0.140. The third kappa shape index (κ3) is 4.89. The number of nitrogens with one attached hydrogen (secondary N) is 1. The Balaban J connectivity index is 1.40. The van der Waals surface area contributed by atoms with Crippen LogP contribution < -0.4 is 10.1 Å². The molecule has 0 radical (unpaired) electrons. The summed E-state index contributed by atoms with van der Waals surface area (Å²) in [5.74, 6) is 0.697. The number of hydrogen-bond acceptors (Lipinski definition) is 4. The first-order chi connectivity index (χ1) is 12.5. The topological polar surface area (TPSA) is 61.9 Å². The molecule has 2 heterocycles. The minimum absolute atomic E-state index is 0.0335. The second-order valence-corrected chi connectivity index (χ2v) is 7.47. The highest BCUT2D eigenvalue weighted by Gasteiger charge is 2.34. The predicted molar refractivity (Wildman–Crippen MR) is 100 cm³/mol. The molecule has 2 atom stereocenters. The van der Waals surface area contributed by atoms with E-state index in [0.717, 1.165) is 12.8 Å². The number of para-hydroxylation sites is 1. The highest BCUT2D eigenvalue weighted by Crippen LogP contribution is 2.23. The zero-order valence-corrected chi connectivity index (χ0v) is 15.9. The number of benzene rings is 1. The van der Waals surface area contributed by atoms with E-state index in [0.29, 0.717) is 49.4 Å². The van der Waals surface area contributed by atoms with Crippen LogP contribution in [-0.4, -0.2) is 67.0 Å². The molecule has 0 unspecified atom stereocenters. The highest BCUT2D eigenvalue weighted by molar-refractivity contribution is 6.32. The number of halogens is 1. The Morgan fingerprint density at radius 3 is 2.92 bits per heavy atom. The van der Waals surface area contributed by atoms with Crippen molar-refractivity contribution in [2.45, 2.75) is 37.8 Å². The molecule has 2 aliphatic rings. The minimum Gasteiger partial charge on any atom is -0.492 e. The molecular formula is C19H26ClN3O3. The highest BCUT2D eigenvalue weighted by atomic mass is 35.5. The van der Waals surface area contributed by atoms with Crippen molar-refractivity contribution in [1.82, 2.24) is 15.1 Å². The van der Waals surface area contributed by atoms with Crippen molar-refractivity contribution in [1.29, 1.82) is 0 Å². The fourth-order valence-corrected chi connectivity index (χ4v) is 3.71. The standard InChI is InChI=1S/C19H26ClN3O3/c1-22(9-4-10-26-17-6-3-2-5-16(17)20)19(25)13-23-12-15-8-7-14(21-15)11-18(23)24/h2-3,5-6,14-15,21H,4,7-13H2,1H3/t14-,15+/m0/s1. The Morgan fingerprint density at radius 1 is 1.35 bits per heavy atom. The molecule has 142 valence electrons. The number of rotatable bonds is 7. The van der Waals surface area contributed by atoms with Gasteiger partial charge in [0.25, 0.3) is 0 Å². The molecule has 7 heteroatoms. The van der Waals surface area contributed by atoms with Crippen LogP contribution in [0.25, 0.3) is 0 Å². The maximum absolute atomic E-state index is 12.4. The molecule has 6 nitrogen and oxygen atoms in total. The zero-order chi connectivity index (χ0) is 18.5. The second-order valence-electron chi connectivity index (χ2n) is 7.06. The Kier molecular flexibility index (Phi) is 6.38. The van der Waals surface area contributed by atoms with Gasteiger partial charge in [0.2, 0.25) is 11.8 Å². The van der Waals surface area contributed by atoms with Crippen molar-refractivity contribution < 1.29 is 14.3 Å². The van der Waals surface area contributed by atoms with Crippen LogP contribution >= 0.6 is 11.6 Å². The third-order valence-electron chi connectivity index (χ3n) is 5.03. The van der Waals surface area contributed by atoms with Crippen molar-refractivity contribution in [2.24, 2.45) is 0 Å². The number of carbonyl (C=O) groups excluding carboxylic acids is 2. The summed E-state index contributed by atoms with van der Waals surface area (Å²) in [4.78, 5) is 28.1. The fraction of sp³-hybridized carbons (Fsp3) is 0.579. The average Bonchev–Trinajstić information content (AvgIpc) is 2.99. The van der Waals surface area contributed by atoms with E-state index in [1.807, 2.05) is 18.2 Å². The Bertz CT molecular complexity index is 655. The van der Waals surface area contributed by atoms with Gasteiger partial charge in [0.15, 0.2) is 0 Å². The molecule has 1 aromatic carbocycles. The largest absolute Gasteiger partial charge is 0.492 e. The maximum atomic E-state index is 12.4. The first-order valence-electron chi connectivity index (χ1n) is 9.18. The summed E-state index contributed by atoms with van der Waals surface area (Å²) < 4.78 is 5.64. The quantitative estimate of drug-likeness (QED) is 0.735. The lowest BCUT2D eigenvalue weighted by Crippen LogP contribution is -2.44. The molecule has 3 rings (SSSR count). The Labute approximate surface area is 159 Å². The first-order valence-corrected chi connectivity index (χ1v) is 9.56. The molecule has 0 saturated carbocycles. The van der Waals surface area contributed by atoms with Gasteiger partial charge in [-0.25, -0.2) is 0 Å². The van der Waals surface area contributed by atoms with Gasteiger partial charge in [0.1, 0.15) is 5.75 Å². The summed E-state index contributed by atoms with van der Waals surface area (Å²) >= 11 is 6.05. The molecule has 0 aliphatic carbocycles. The number of nitrogens with zero attached hydrogens (tertiary/aromatic N) is 2. The van der Waals surface area contributed by atoms with Gasteiger partial charge in [-0.3, -0.25) is 9.59 Å². The lowest BCUT2D eigenvalue weighted by Gasteiger charge is -2.26. The summed E-state index contributed by atoms with van der Waals surface area (Å²) in [5.41, 5.74) is 0. The van der Waals surface area contributed by atoms with Gasteiger partial charge >= 0.3 is 0 Å². The Hall–Kier alpha value is -1.79. The number of ether oxygens (including phenoxy) is 1. The summed E-state index contributed by atoms with van der Waals surface area (Å²) in [6, 6.07) is 7.95. The number of likely N-dealkylation sites (tertiary alicyclic amines) is 1. The summed E-state index contributed by atoms with van der Waals surface area (Å²) in [5, 5.41) is 4.05. The number of fused-ring (bicyclic) bond motifs is 2. The predicted octanol–water partition coefficient (Wildman–Crippen LogP) is 1.92. The zero-order valence-electron chi connectivity index (χ0n) is 15.1. The van der Waals surface area contributed by atoms with Gasteiger partial charge in [-0.05, 0) is 31.4 Å². The molecule has 2 amide bonds. The van der Waals surface area contributed by atoms with Crippen molar-refractivity contribution in [2.75, 3.05) is 33.3 Å². The van der Waals surface area contributed by atoms with Crippen molar-refractivity contribution in [3.8, 4) is 5.75 Å². The molecule has 1 aromatic rings. The van der Waals surface area contributed by atoms with Crippen LogP contribution in [0.3, 0.4) is 0 Å². The van der Waals surface area contributed by atoms with E-state index >= 15 is 0 Å². The van der Waals surface area contributed by atoms with Crippen LogP contribution in [0.15, 0.2) is 24.3 Å². The van der Waals surface area contributed by atoms with Gasteiger partial charge in [-0.2, -0.15) is 0 Å². The van der Waals surface area contributed by atoms with Crippen molar-refractivity contribution in [3.63, 3.8) is 0 Å². The molecule has 2 fully saturated rings. The first kappa shape index (κ1) is 19.0. The van der Waals surface area contributed by atoms with E-state index in [1.54, 1.807) is 22.9 Å². The van der Waals surface area contributed by atoms with Crippen LogP contribution in [0.2, 0.25) is 5.02 Å². The van der Waals surface area contributed by atoms with Crippen LogP contribution in [0.5, 0.6) is 5.75 Å². The molecule has 26 heavy (non-hydrogen) atoms. The molecule has 0 aromatic heterocycles. The van der Waals surface area contributed by atoms with Gasteiger partial charge in [0.05, 0.1) is 18.2 Å². The van der Waals surface area contributed by atoms with Crippen LogP contribution in [0, 0.1) is 0 Å². The lowest BCUT2D eigenvalue weighted by atomic mass is 10.1. The SMILES string of the molecule is CN(CCCOc1ccccc1Cl)C(=O)CN1C[C@H]2CC[C@@H](CC1=O)N2. The average molecular weight is 380 g/mol. The number of amides is 2. The fourth-order valence-electron chi connectivity index (χ4n) is 3.52.